The lowest BCUT2D eigenvalue weighted by Crippen LogP contribution is -1.73. The maximum atomic E-state index is 2.32. The van der Waals surface area contributed by atoms with Crippen LogP contribution in [0.25, 0.3) is 6.08 Å². The molecule has 0 atom stereocenters. The molecule has 0 amide bonds. The lowest BCUT2D eigenvalue weighted by Gasteiger charge is -1.94. The fourth-order valence-corrected chi connectivity index (χ4v) is 1.25. The lowest BCUT2D eigenvalue weighted by molar-refractivity contribution is 1.46. The van der Waals surface area contributed by atoms with E-state index in [1.165, 1.54) is 14.7 Å². The Bertz CT molecular complexity index is 253. The minimum Gasteiger partial charge on any atom is -0.0587 e. The topological polar surface area (TPSA) is 0 Å². The number of benzene rings is 1. The summed E-state index contributed by atoms with van der Waals surface area (Å²) in [6, 6.07) is 8.53. The number of halogens is 1. The molecule has 0 nitrogen and oxygen atoms in total. The first-order valence-electron chi connectivity index (χ1n) is 3.59. The van der Waals surface area contributed by atoms with Crippen LogP contribution >= 0.6 is 22.6 Å². The largest absolute Gasteiger partial charge is 0.0587 e. The van der Waals surface area contributed by atoms with E-state index in [4.69, 9.17) is 0 Å². The van der Waals surface area contributed by atoms with E-state index in [0.29, 0.717) is 0 Å². The lowest BCUT2D eigenvalue weighted by atomic mass is 10.1. The van der Waals surface area contributed by atoms with Crippen molar-refractivity contribution in [1.82, 2.24) is 0 Å². The number of hydrogen-bond donors (Lipinski definition) is 0. The monoisotopic (exact) mass is 258 g/mol. The Labute approximate surface area is 81.5 Å². The quantitative estimate of drug-likeness (QED) is 0.672. The minimum atomic E-state index is 1.28. The molecular weight excluding hydrogens is 247 g/mol. The number of allylic oxidation sites excluding steroid dienone is 1. The molecule has 1 rings (SSSR count). The second-order valence-corrected chi connectivity index (χ2v) is 4.34. The third-order valence-electron chi connectivity index (χ3n) is 1.44. The fourth-order valence-electron chi connectivity index (χ4n) is 0.892. The standard InChI is InChI=1S/C10H11I/c1-8-3-5-10(6-4-8)7-9(2)11/h3-7H,1-2H3/b9-7-. The molecule has 1 heteroatoms. The summed E-state index contributed by atoms with van der Waals surface area (Å²) in [6.07, 6.45) is 2.17. The number of rotatable bonds is 1. The summed E-state index contributed by atoms with van der Waals surface area (Å²) < 4.78 is 1.31. The molecule has 58 valence electrons. The van der Waals surface area contributed by atoms with Gasteiger partial charge < -0.3 is 0 Å². The number of hydrogen-bond acceptors (Lipinski definition) is 0. The first-order chi connectivity index (χ1) is 5.18. The predicted octanol–water partition coefficient (Wildman–Crippen LogP) is 3.79. The molecule has 0 aliphatic rings. The second-order valence-electron chi connectivity index (χ2n) is 2.64. The van der Waals surface area contributed by atoms with Gasteiger partial charge in [0.1, 0.15) is 0 Å². The van der Waals surface area contributed by atoms with Gasteiger partial charge in [-0.05, 0) is 51.7 Å². The molecule has 0 radical (unpaired) electrons. The maximum absolute atomic E-state index is 2.32. The normalized spacial score (nSPS) is 11.7. The SMILES string of the molecule is C/C(I)=C/c1ccc(C)cc1. The van der Waals surface area contributed by atoms with Crippen molar-refractivity contribution in [3.8, 4) is 0 Å². The molecule has 0 heterocycles. The van der Waals surface area contributed by atoms with Crippen LogP contribution in [0.2, 0.25) is 0 Å². The summed E-state index contributed by atoms with van der Waals surface area (Å²) in [4.78, 5) is 0. The first-order valence-corrected chi connectivity index (χ1v) is 4.67. The average molecular weight is 258 g/mol. The van der Waals surface area contributed by atoms with E-state index in [0.717, 1.165) is 0 Å². The highest BCUT2D eigenvalue weighted by atomic mass is 127. The average Bonchev–Trinajstić information content (AvgIpc) is 1.93. The van der Waals surface area contributed by atoms with Crippen LogP contribution in [0.5, 0.6) is 0 Å². The Balaban J connectivity index is 2.91. The highest BCUT2D eigenvalue weighted by molar-refractivity contribution is 14.1. The van der Waals surface area contributed by atoms with E-state index in [-0.39, 0.29) is 0 Å². The Morgan fingerprint density at radius 2 is 1.82 bits per heavy atom. The minimum absolute atomic E-state index is 1.28. The van der Waals surface area contributed by atoms with Gasteiger partial charge in [0.25, 0.3) is 0 Å². The third-order valence-corrected chi connectivity index (χ3v) is 1.75. The van der Waals surface area contributed by atoms with Crippen LogP contribution in [-0.2, 0) is 0 Å². The molecule has 0 aliphatic heterocycles. The Kier molecular flexibility index (Phi) is 3.12. The second kappa shape index (κ2) is 3.90. The molecule has 0 aliphatic carbocycles. The van der Waals surface area contributed by atoms with E-state index in [9.17, 15) is 0 Å². The molecule has 1 aromatic carbocycles. The van der Waals surface area contributed by atoms with Crippen molar-refractivity contribution in [2.24, 2.45) is 0 Å². The van der Waals surface area contributed by atoms with E-state index in [1.54, 1.807) is 0 Å². The summed E-state index contributed by atoms with van der Waals surface area (Å²) in [5.41, 5.74) is 2.59. The molecule has 0 spiro atoms. The molecule has 0 bridgehead atoms. The van der Waals surface area contributed by atoms with Gasteiger partial charge in [0, 0.05) is 0 Å². The van der Waals surface area contributed by atoms with Crippen molar-refractivity contribution < 1.29 is 0 Å². The molecule has 1 aromatic rings. The van der Waals surface area contributed by atoms with Gasteiger partial charge in [-0.1, -0.05) is 29.8 Å². The van der Waals surface area contributed by atoms with Crippen LogP contribution in [0.15, 0.2) is 27.8 Å². The van der Waals surface area contributed by atoms with Crippen molar-refractivity contribution in [3.05, 3.63) is 39.0 Å². The van der Waals surface area contributed by atoms with Crippen molar-refractivity contribution in [2.75, 3.05) is 0 Å². The smallest absolute Gasteiger partial charge is 0.0119 e. The van der Waals surface area contributed by atoms with E-state index < -0.39 is 0 Å². The van der Waals surface area contributed by atoms with Crippen molar-refractivity contribution in [1.29, 1.82) is 0 Å². The fraction of sp³-hybridized carbons (Fsp3) is 0.200. The van der Waals surface area contributed by atoms with Crippen LogP contribution in [0.4, 0.5) is 0 Å². The molecule has 11 heavy (non-hydrogen) atoms. The van der Waals surface area contributed by atoms with Crippen LogP contribution in [-0.4, -0.2) is 0 Å². The van der Waals surface area contributed by atoms with E-state index in [2.05, 4.69) is 66.8 Å². The van der Waals surface area contributed by atoms with Gasteiger partial charge in [-0.25, -0.2) is 0 Å². The van der Waals surface area contributed by atoms with Gasteiger partial charge in [-0.3, -0.25) is 0 Å². The summed E-state index contributed by atoms with van der Waals surface area (Å²) >= 11 is 2.32. The van der Waals surface area contributed by atoms with Crippen molar-refractivity contribution >= 4 is 28.7 Å². The third kappa shape index (κ3) is 3.06. The van der Waals surface area contributed by atoms with Gasteiger partial charge in [-0.15, -0.1) is 0 Å². The summed E-state index contributed by atoms with van der Waals surface area (Å²) in [6.45, 7) is 4.20. The zero-order valence-electron chi connectivity index (χ0n) is 6.76. The van der Waals surface area contributed by atoms with Gasteiger partial charge in [-0.2, -0.15) is 0 Å². The Morgan fingerprint density at radius 3 is 2.27 bits per heavy atom. The summed E-state index contributed by atoms with van der Waals surface area (Å²) in [7, 11) is 0. The zero-order valence-corrected chi connectivity index (χ0v) is 8.92. The molecule has 0 aromatic heterocycles. The number of aryl methyl sites for hydroxylation is 1. The molecule has 0 N–H and O–H groups in total. The van der Waals surface area contributed by atoms with Gasteiger partial charge in [0.2, 0.25) is 0 Å². The van der Waals surface area contributed by atoms with Gasteiger partial charge in [0.05, 0.1) is 0 Å². The predicted molar refractivity (Wildman–Crippen MR) is 58.9 cm³/mol. The Morgan fingerprint density at radius 1 is 1.27 bits per heavy atom. The molecular formula is C10H11I. The summed E-state index contributed by atoms with van der Waals surface area (Å²) in [5, 5.41) is 0. The molecule has 0 fully saturated rings. The van der Waals surface area contributed by atoms with Crippen LogP contribution < -0.4 is 0 Å². The molecule has 0 unspecified atom stereocenters. The molecule has 0 saturated heterocycles. The van der Waals surface area contributed by atoms with E-state index >= 15 is 0 Å². The van der Waals surface area contributed by atoms with Crippen LogP contribution in [0, 0.1) is 6.92 Å². The highest BCUT2D eigenvalue weighted by Crippen LogP contribution is 2.11. The maximum Gasteiger partial charge on any atom is -0.0119 e. The zero-order chi connectivity index (χ0) is 8.27. The Hall–Kier alpha value is -0.310. The van der Waals surface area contributed by atoms with Gasteiger partial charge in [0.15, 0.2) is 0 Å². The first kappa shape index (κ1) is 8.78. The highest BCUT2D eigenvalue weighted by Gasteiger charge is 1.86. The summed E-state index contributed by atoms with van der Waals surface area (Å²) in [5.74, 6) is 0. The van der Waals surface area contributed by atoms with Crippen LogP contribution in [0.1, 0.15) is 18.1 Å². The van der Waals surface area contributed by atoms with Crippen molar-refractivity contribution in [2.45, 2.75) is 13.8 Å². The molecule has 0 saturated carbocycles. The van der Waals surface area contributed by atoms with Crippen molar-refractivity contribution in [3.63, 3.8) is 0 Å². The van der Waals surface area contributed by atoms with Crippen LogP contribution in [0.3, 0.4) is 0 Å². The van der Waals surface area contributed by atoms with E-state index in [1.807, 2.05) is 0 Å². The van der Waals surface area contributed by atoms with Gasteiger partial charge >= 0.3 is 0 Å².